The van der Waals surface area contributed by atoms with Gasteiger partial charge in [0.15, 0.2) is 12.5 Å². The number of ether oxygens (including phenoxy) is 1. The fourth-order valence-corrected chi connectivity index (χ4v) is 1.54. The Morgan fingerprint density at radius 3 is 2.17 bits per heavy atom. The largest absolute Gasteiger partial charge is 1.00 e. The minimum absolute atomic E-state index is 0. The molecule has 1 saturated heterocycles. The summed E-state index contributed by atoms with van der Waals surface area (Å²) in [4.78, 5) is 20.2. The van der Waals surface area contributed by atoms with Crippen molar-refractivity contribution in [1.82, 2.24) is 0 Å². The number of halogens is 1. The van der Waals surface area contributed by atoms with Crippen LogP contribution in [-0.4, -0.2) is 52.7 Å². The Bertz CT molecular complexity index is 291. The summed E-state index contributed by atoms with van der Waals surface area (Å²) in [6.07, 6.45) is -9.50. The summed E-state index contributed by atoms with van der Waals surface area (Å²) in [5, 5.41) is 27.2. The van der Waals surface area contributed by atoms with Gasteiger partial charge >= 0.3 is 103 Å². The van der Waals surface area contributed by atoms with Crippen molar-refractivity contribution in [2.24, 2.45) is 0 Å². The molecule has 96 valence electrons. The van der Waals surface area contributed by atoms with E-state index in [1.807, 2.05) is 0 Å². The van der Waals surface area contributed by atoms with Crippen molar-refractivity contribution in [3.8, 4) is 0 Å². The molecule has 1 heterocycles. The Morgan fingerprint density at radius 2 is 1.72 bits per heavy atom. The van der Waals surface area contributed by atoms with Gasteiger partial charge in [-0.25, -0.2) is 4.39 Å². The number of hydrogen-bond donors (Lipinski definition) is 3. The molecular formula is C6H10FK2O8P. The number of hydrogen-bond acceptors (Lipinski definition) is 8. The standard InChI is InChI=1S/C6H12FO8P.2K/c7-3-5(9)4(8)2(15-6(3)10)1-14-16(11,12)13;;/h2-6,8-10H,1H2,(H2,11,12,13);;/q;2*+1/p-2/i1+1,2+1,3+1,4+1,5+1,6+1;;. The molecule has 1 fully saturated rings. The Kier molecular flexibility index (Phi) is 13.0. The molecule has 5 atom stereocenters. The number of alkyl halides is 1. The molecule has 18 heavy (non-hydrogen) atoms. The van der Waals surface area contributed by atoms with Gasteiger partial charge in [0, 0.05) is 0 Å². The van der Waals surface area contributed by atoms with Crippen LogP contribution >= 0.6 is 7.82 Å². The van der Waals surface area contributed by atoms with E-state index in [9.17, 15) is 23.8 Å². The number of phosphoric ester groups is 1. The molecule has 8 nitrogen and oxygen atoms in total. The topological polar surface area (TPSA) is 142 Å². The summed E-state index contributed by atoms with van der Waals surface area (Å²) in [7, 11) is -5.26. The second-order valence-corrected chi connectivity index (χ2v) is 4.39. The van der Waals surface area contributed by atoms with Gasteiger partial charge in [-0.3, -0.25) is 0 Å². The maximum atomic E-state index is 12.9. The maximum absolute atomic E-state index is 12.9. The predicted molar refractivity (Wildman–Crippen MR) is 41.3 cm³/mol. The van der Waals surface area contributed by atoms with Crippen molar-refractivity contribution < 1.29 is 146 Å². The first-order valence-electron chi connectivity index (χ1n) is 4.22. The Morgan fingerprint density at radius 1 is 1.22 bits per heavy atom. The fraction of sp³-hybridized carbons (Fsp3) is 1.00. The molecule has 0 aromatic heterocycles. The summed E-state index contributed by atoms with van der Waals surface area (Å²) in [6.45, 7) is -0.910. The normalized spacial score (nSPS) is 36.4. The molecule has 0 radical (unpaired) electrons. The molecule has 0 amide bonds. The zero-order valence-electron chi connectivity index (χ0n) is 9.80. The van der Waals surface area contributed by atoms with E-state index >= 15 is 0 Å². The summed E-state index contributed by atoms with van der Waals surface area (Å²) in [6, 6.07) is 0. The van der Waals surface area contributed by atoms with Crippen molar-refractivity contribution in [3.63, 3.8) is 0 Å². The molecule has 1 aliphatic heterocycles. The van der Waals surface area contributed by atoms with Gasteiger partial charge < -0.3 is 38.9 Å². The van der Waals surface area contributed by atoms with Crippen LogP contribution in [0.25, 0.3) is 0 Å². The first kappa shape index (κ1) is 23.4. The second-order valence-electron chi connectivity index (χ2n) is 3.23. The average molecular weight is 344 g/mol. The molecule has 0 aromatic carbocycles. The van der Waals surface area contributed by atoms with Crippen LogP contribution in [0.1, 0.15) is 0 Å². The fourth-order valence-electron chi connectivity index (χ4n) is 1.21. The van der Waals surface area contributed by atoms with Crippen molar-refractivity contribution in [1.29, 1.82) is 0 Å². The van der Waals surface area contributed by atoms with Gasteiger partial charge in [-0.05, 0) is 0 Å². The molecule has 0 saturated carbocycles. The summed E-state index contributed by atoms with van der Waals surface area (Å²) in [5.41, 5.74) is 0. The van der Waals surface area contributed by atoms with E-state index < -0.39 is 45.2 Å². The van der Waals surface area contributed by atoms with E-state index in [0.29, 0.717) is 0 Å². The van der Waals surface area contributed by atoms with Gasteiger partial charge in [0.2, 0.25) is 0 Å². The van der Waals surface area contributed by atoms with Crippen LogP contribution in [0.5, 0.6) is 0 Å². The minimum Gasteiger partial charge on any atom is -0.790 e. The van der Waals surface area contributed by atoms with Crippen LogP contribution in [-0.2, 0) is 13.8 Å². The van der Waals surface area contributed by atoms with E-state index in [0.717, 1.165) is 0 Å². The number of rotatable bonds is 3. The number of aliphatic hydroxyl groups is 3. The first-order chi connectivity index (χ1) is 7.22. The summed E-state index contributed by atoms with van der Waals surface area (Å²) >= 11 is 0. The van der Waals surface area contributed by atoms with Crippen molar-refractivity contribution >= 4 is 7.82 Å². The van der Waals surface area contributed by atoms with Gasteiger partial charge in [0.05, 0.1) is 14.4 Å². The zero-order chi connectivity index (χ0) is 12.5. The molecule has 3 N–H and O–H groups in total. The van der Waals surface area contributed by atoms with Crippen LogP contribution in [0.15, 0.2) is 0 Å². The SMILES string of the molecule is O=P([O-])([O-])O[13CH2][13CH]1O[13CH](O)[13CH](F)[13CH](O)[13CH]1O.[K+].[K+]. The Labute approximate surface area is 187 Å². The quantitative estimate of drug-likeness (QED) is 0.260. The van der Waals surface area contributed by atoms with Crippen LogP contribution in [0, 0.1) is 0 Å². The Hall–Kier alpha value is 3.15. The molecule has 12 heteroatoms. The minimum atomic E-state index is -5.26. The maximum Gasteiger partial charge on any atom is 1.00 e. The van der Waals surface area contributed by atoms with E-state index in [1.165, 1.54) is 0 Å². The molecule has 1 aliphatic rings. The van der Waals surface area contributed by atoms with E-state index in [1.54, 1.807) is 0 Å². The number of aliphatic hydroxyl groups excluding tert-OH is 3. The van der Waals surface area contributed by atoms with Crippen LogP contribution in [0.3, 0.4) is 0 Å². The monoisotopic (exact) mass is 344 g/mol. The predicted octanol–water partition coefficient (Wildman–Crippen LogP) is -9.38. The summed E-state index contributed by atoms with van der Waals surface area (Å²) < 4.78 is 31.2. The third-order valence-corrected chi connectivity index (χ3v) is 2.51. The van der Waals surface area contributed by atoms with Crippen molar-refractivity contribution in [3.05, 3.63) is 0 Å². The van der Waals surface area contributed by atoms with E-state index in [2.05, 4.69) is 9.26 Å². The molecule has 0 aliphatic carbocycles. The van der Waals surface area contributed by atoms with Gasteiger partial charge in [0.25, 0.3) is 0 Å². The second kappa shape index (κ2) is 10.0. The van der Waals surface area contributed by atoms with E-state index in [-0.39, 0.29) is 103 Å². The number of phosphoric acid groups is 1. The van der Waals surface area contributed by atoms with Gasteiger partial charge in [-0.15, -0.1) is 0 Å². The van der Waals surface area contributed by atoms with Crippen LogP contribution in [0.2, 0.25) is 0 Å². The average Bonchev–Trinajstić information content (AvgIpc) is 2.17. The van der Waals surface area contributed by atoms with Crippen molar-refractivity contribution in [2.45, 2.75) is 30.8 Å². The molecule has 1 rings (SSSR count). The van der Waals surface area contributed by atoms with Crippen LogP contribution < -0.4 is 113 Å². The molecule has 5 unspecified atom stereocenters. The van der Waals surface area contributed by atoms with Gasteiger partial charge in [-0.1, -0.05) is 0 Å². The molecule has 0 spiro atoms. The Balaban J connectivity index is 0. The summed E-state index contributed by atoms with van der Waals surface area (Å²) in [5.74, 6) is 0. The first-order valence-corrected chi connectivity index (χ1v) is 5.69. The van der Waals surface area contributed by atoms with Gasteiger partial charge in [-0.2, -0.15) is 0 Å². The van der Waals surface area contributed by atoms with Crippen molar-refractivity contribution in [2.75, 3.05) is 6.61 Å². The third kappa shape index (κ3) is 7.43. The third-order valence-electron chi connectivity index (χ3n) is 2.04. The van der Waals surface area contributed by atoms with Gasteiger partial charge in [0.1, 0.15) is 18.3 Å². The zero-order valence-corrected chi connectivity index (χ0v) is 16.9. The van der Waals surface area contributed by atoms with E-state index in [4.69, 9.17) is 10.2 Å². The smallest absolute Gasteiger partial charge is 0.790 e. The molecule has 0 aromatic rings. The van der Waals surface area contributed by atoms with Crippen LogP contribution in [0.4, 0.5) is 4.39 Å². The molecular weight excluding hydrogens is 334 g/mol. The molecule has 0 bridgehead atoms.